The number of benzene rings is 1. The number of carbonyl (C=O) groups is 1. The molecule has 1 aliphatic rings. The Morgan fingerprint density at radius 1 is 1.17 bits per heavy atom. The molecule has 5 heteroatoms. The topological polar surface area (TPSA) is 72.3 Å². The molecule has 0 aliphatic heterocycles. The summed E-state index contributed by atoms with van der Waals surface area (Å²) < 4.78 is 5.98. The van der Waals surface area contributed by atoms with Crippen molar-refractivity contribution in [1.29, 1.82) is 0 Å². The van der Waals surface area contributed by atoms with E-state index >= 15 is 0 Å². The monoisotopic (exact) mass is 310 g/mol. The minimum absolute atomic E-state index is 0.0158. The fraction of sp³-hybridized carbons (Fsp3) is 0.278. The maximum Gasteiger partial charge on any atom is 0.354 e. The van der Waals surface area contributed by atoms with E-state index in [9.17, 15) is 4.79 Å². The van der Waals surface area contributed by atoms with Gasteiger partial charge in [-0.2, -0.15) is 0 Å². The number of aromatic nitrogens is 2. The van der Waals surface area contributed by atoms with Crippen molar-refractivity contribution in [3.63, 3.8) is 0 Å². The molecule has 0 spiro atoms. The van der Waals surface area contributed by atoms with Crippen LogP contribution in [0.5, 0.6) is 5.75 Å². The van der Waals surface area contributed by atoms with E-state index in [0.29, 0.717) is 11.8 Å². The molecule has 118 valence electrons. The van der Waals surface area contributed by atoms with Gasteiger partial charge in [0.05, 0.1) is 11.8 Å². The first-order valence-corrected chi connectivity index (χ1v) is 7.71. The van der Waals surface area contributed by atoms with E-state index in [1.807, 2.05) is 30.3 Å². The number of rotatable bonds is 5. The molecule has 1 saturated carbocycles. The molecule has 2 aromatic rings. The van der Waals surface area contributed by atoms with Gasteiger partial charge in [-0.25, -0.2) is 14.8 Å². The van der Waals surface area contributed by atoms with Crippen molar-refractivity contribution in [2.45, 2.75) is 31.8 Å². The Kier molecular flexibility index (Phi) is 4.66. The molecule has 1 aromatic carbocycles. The zero-order valence-corrected chi connectivity index (χ0v) is 12.7. The third-order valence-corrected chi connectivity index (χ3v) is 3.82. The fourth-order valence-electron chi connectivity index (χ4n) is 2.65. The van der Waals surface area contributed by atoms with Gasteiger partial charge in [0, 0.05) is 0 Å². The van der Waals surface area contributed by atoms with Gasteiger partial charge < -0.3 is 9.84 Å². The SMILES string of the molecule is O=C(O)c1cc(/C=C/c2cccc(OC3CCCC3)c2)ncn1. The van der Waals surface area contributed by atoms with E-state index < -0.39 is 5.97 Å². The van der Waals surface area contributed by atoms with Gasteiger partial charge in [-0.15, -0.1) is 0 Å². The van der Waals surface area contributed by atoms with Crippen molar-refractivity contribution in [2.24, 2.45) is 0 Å². The summed E-state index contributed by atoms with van der Waals surface area (Å²) in [7, 11) is 0. The van der Waals surface area contributed by atoms with Crippen LogP contribution in [0.1, 0.15) is 47.4 Å². The van der Waals surface area contributed by atoms with Crippen molar-refractivity contribution in [3.05, 3.63) is 53.6 Å². The molecule has 0 saturated heterocycles. The van der Waals surface area contributed by atoms with Crippen LogP contribution in [-0.2, 0) is 0 Å². The third kappa shape index (κ3) is 4.16. The summed E-state index contributed by atoms with van der Waals surface area (Å²) in [6, 6.07) is 9.30. The lowest BCUT2D eigenvalue weighted by Gasteiger charge is -2.13. The van der Waals surface area contributed by atoms with Gasteiger partial charge in [0.2, 0.25) is 0 Å². The molecule has 3 rings (SSSR count). The zero-order valence-electron chi connectivity index (χ0n) is 12.7. The first-order valence-electron chi connectivity index (χ1n) is 7.71. The van der Waals surface area contributed by atoms with Crippen LogP contribution in [0.2, 0.25) is 0 Å². The Labute approximate surface area is 134 Å². The van der Waals surface area contributed by atoms with Crippen LogP contribution in [0.15, 0.2) is 36.7 Å². The molecular formula is C18H18N2O3. The van der Waals surface area contributed by atoms with E-state index in [4.69, 9.17) is 9.84 Å². The minimum atomic E-state index is -1.06. The Bertz CT molecular complexity index is 722. The summed E-state index contributed by atoms with van der Waals surface area (Å²) in [6.45, 7) is 0. The third-order valence-electron chi connectivity index (χ3n) is 3.82. The number of hydrogen-bond donors (Lipinski definition) is 1. The van der Waals surface area contributed by atoms with Gasteiger partial charge in [-0.3, -0.25) is 0 Å². The standard InChI is InChI=1S/C18H18N2O3/c21-18(22)17-11-14(19-12-20-17)9-8-13-4-3-7-16(10-13)23-15-5-1-2-6-15/h3-4,7-12,15H,1-2,5-6H2,(H,21,22)/b9-8+. The average Bonchev–Trinajstić information content (AvgIpc) is 3.06. The number of carboxylic acids is 1. The molecule has 0 radical (unpaired) electrons. The molecule has 5 nitrogen and oxygen atoms in total. The summed E-state index contributed by atoms with van der Waals surface area (Å²) >= 11 is 0. The van der Waals surface area contributed by atoms with Gasteiger partial charge in [-0.1, -0.05) is 18.2 Å². The molecule has 23 heavy (non-hydrogen) atoms. The predicted molar refractivity (Wildman–Crippen MR) is 87.2 cm³/mol. The largest absolute Gasteiger partial charge is 0.490 e. The first-order chi connectivity index (χ1) is 11.2. The summed E-state index contributed by atoms with van der Waals surface area (Å²) in [5.41, 5.74) is 1.52. The number of nitrogens with zero attached hydrogens (tertiary/aromatic N) is 2. The maximum atomic E-state index is 10.9. The molecule has 0 amide bonds. The van der Waals surface area contributed by atoms with Crippen molar-refractivity contribution in [3.8, 4) is 5.75 Å². The van der Waals surface area contributed by atoms with E-state index in [-0.39, 0.29) is 5.69 Å². The zero-order chi connectivity index (χ0) is 16.1. The summed E-state index contributed by atoms with van der Waals surface area (Å²) in [6.07, 6.45) is 9.96. The highest BCUT2D eigenvalue weighted by atomic mass is 16.5. The van der Waals surface area contributed by atoms with E-state index in [2.05, 4.69) is 9.97 Å². The van der Waals surface area contributed by atoms with Gasteiger partial charge >= 0.3 is 5.97 Å². The van der Waals surface area contributed by atoms with Crippen LogP contribution >= 0.6 is 0 Å². The molecule has 1 heterocycles. The Hall–Kier alpha value is -2.69. The van der Waals surface area contributed by atoms with Crippen LogP contribution in [0, 0.1) is 0 Å². The van der Waals surface area contributed by atoms with Crippen LogP contribution < -0.4 is 4.74 Å². The molecule has 1 aliphatic carbocycles. The lowest BCUT2D eigenvalue weighted by molar-refractivity contribution is 0.0690. The molecular weight excluding hydrogens is 292 g/mol. The minimum Gasteiger partial charge on any atom is -0.490 e. The highest BCUT2D eigenvalue weighted by molar-refractivity contribution is 5.86. The summed E-state index contributed by atoms with van der Waals surface area (Å²) in [5.74, 6) is -0.193. The van der Waals surface area contributed by atoms with Crippen LogP contribution in [0.3, 0.4) is 0 Å². The first kappa shape index (κ1) is 15.2. The molecule has 1 N–H and O–H groups in total. The summed E-state index contributed by atoms with van der Waals surface area (Å²) in [4.78, 5) is 18.7. The molecule has 0 bridgehead atoms. The number of aromatic carboxylic acids is 1. The normalized spacial score (nSPS) is 15.1. The van der Waals surface area contributed by atoms with Crippen molar-refractivity contribution >= 4 is 18.1 Å². The Morgan fingerprint density at radius 2 is 2.00 bits per heavy atom. The smallest absolute Gasteiger partial charge is 0.354 e. The van der Waals surface area contributed by atoms with E-state index in [1.165, 1.54) is 25.2 Å². The van der Waals surface area contributed by atoms with Crippen molar-refractivity contribution in [2.75, 3.05) is 0 Å². The quantitative estimate of drug-likeness (QED) is 0.912. The van der Waals surface area contributed by atoms with Crippen molar-refractivity contribution in [1.82, 2.24) is 9.97 Å². The lowest BCUT2D eigenvalue weighted by atomic mass is 10.2. The number of ether oxygens (including phenoxy) is 1. The van der Waals surface area contributed by atoms with Gasteiger partial charge in [0.15, 0.2) is 5.69 Å². The Balaban J connectivity index is 1.71. The Morgan fingerprint density at radius 3 is 2.78 bits per heavy atom. The molecule has 0 unspecified atom stereocenters. The highest BCUT2D eigenvalue weighted by Gasteiger charge is 2.16. The number of carboxylic acid groups (broad SMARTS) is 1. The van der Waals surface area contributed by atoms with Crippen LogP contribution in [-0.4, -0.2) is 27.1 Å². The van der Waals surface area contributed by atoms with Crippen LogP contribution in [0.25, 0.3) is 12.2 Å². The second kappa shape index (κ2) is 7.05. The second-order valence-corrected chi connectivity index (χ2v) is 5.56. The molecule has 0 atom stereocenters. The van der Waals surface area contributed by atoms with Crippen molar-refractivity contribution < 1.29 is 14.6 Å². The summed E-state index contributed by atoms with van der Waals surface area (Å²) in [5, 5.41) is 8.94. The van der Waals surface area contributed by atoms with Gasteiger partial charge in [0.1, 0.15) is 12.1 Å². The fourth-order valence-corrected chi connectivity index (χ4v) is 2.65. The maximum absolute atomic E-state index is 10.9. The second-order valence-electron chi connectivity index (χ2n) is 5.56. The molecule has 1 aromatic heterocycles. The number of hydrogen-bond acceptors (Lipinski definition) is 4. The van der Waals surface area contributed by atoms with E-state index in [1.54, 1.807) is 6.08 Å². The predicted octanol–water partition coefficient (Wildman–Crippen LogP) is 3.67. The van der Waals surface area contributed by atoms with Crippen LogP contribution in [0.4, 0.5) is 0 Å². The molecule has 1 fully saturated rings. The van der Waals surface area contributed by atoms with E-state index in [0.717, 1.165) is 24.2 Å². The van der Waals surface area contributed by atoms with Gasteiger partial charge in [-0.05, 0) is 55.5 Å². The highest BCUT2D eigenvalue weighted by Crippen LogP contribution is 2.25. The lowest BCUT2D eigenvalue weighted by Crippen LogP contribution is -2.10. The average molecular weight is 310 g/mol. The van der Waals surface area contributed by atoms with Gasteiger partial charge in [0.25, 0.3) is 0 Å².